The lowest BCUT2D eigenvalue weighted by Gasteiger charge is -2.42. The van der Waals surface area contributed by atoms with Gasteiger partial charge < -0.3 is 15.0 Å². The second kappa shape index (κ2) is 5.66. The highest BCUT2D eigenvalue weighted by atomic mass is 16.5. The molecule has 1 fully saturated rings. The number of anilines is 1. The van der Waals surface area contributed by atoms with E-state index in [0.717, 1.165) is 31.2 Å². The molecule has 20 heavy (non-hydrogen) atoms. The van der Waals surface area contributed by atoms with Crippen LogP contribution < -0.4 is 10.2 Å². The van der Waals surface area contributed by atoms with Crippen molar-refractivity contribution >= 4 is 5.95 Å². The first kappa shape index (κ1) is 15.2. The molecule has 2 heterocycles. The molecule has 0 radical (unpaired) electrons. The van der Waals surface area contributed by atoms with Crippen LogP contribution in [0.4, 0.5) is 5.95 Å². The summed E-state index contributed by atoms with van der Waals surface area (Å²) in [4.78, 5) is 11.3. The zero-order chi connectivity index (χ0) is 14.8. The first-order valence-electron chi connectivity index (χ1n) is 7.19. The van der Waals surface area contributed by atoms with Crippen molar-refractivity contribution in [1.82, 2.24) is 15.3 Å². The lowest BCUT2D eigenvalue weighted by Crippen LogP contribution is -2.53. The summed E-state index contributed by atoms with van der Waals surface area (Å²) in [7, 11) is 0. The molecule has 0 bridgehead atoms. The van der Waals surface area contributed by atoms with Crippen LogP contribution in [0.2, 0.25) is 0 Å². The SMILES string of the molecule is CC(C)(C)NCc1cnc(N2CCOCC2(C)C)nc1. The van der Waals surface area contributed by atoms with E-state index in [9.17, 15) is 0 Å². The van der Waals surface area contributed by atoms with E-state index < -0.39 is 0 Å². The van der Waals surface area contributed by atoms with Crippen molar-refractivity contribution in [3.8, 4) is 0 Å². The maximum atomic E-state index is 5.53. The predicted octanol–water partition coefficient (Wildman–Crippen LogP) is 1.98. The first-order chi connectivity index (χ1) is 9.28. The van der Waals surface area contributed by atoms with Crippen LogP contribution in [0.25, 0.3) is 0 Å². The Morgan fingerprint density at radius 3 is 2.50 bits per heavy atom. The molecule has 1 aromatic heterocycles. The summed E-state index contributed by atoms with van der Waals surface area (Å²) in [6.07, 6.45) is 3.82. The number of morpholine rings is 1. The lowest BCUT2D eigenvalue weighted by molar-refractivity contribution is 0.0634. The molecule has 1 aliphatic rings. The van der Waals surface area contributed by atoms with E-state index in [0.29, 0.717) is 6.61 Å². The Morgan fingerprint density at radius 2 is 1.95 bits per heavy atom. The summed E-state index contributed by atoms with van der Waals surface area (Å²) in [6.45, 7) is 13.8. The van der Waals surface area contributed by atoms with Crippen LogP contribution >= 0.6 is 0 Å². The predicted molar refractivity (Wildman–Crippen MR) is 80.9 cm³/mol. The van der Waals surface area contributed by atoms with Gasteiger partial charge in [-0.2, -0.15) is 0 Å². The molecule has 2 rings (SSSR count). The van der Waals surface area contributed by atoms with Crippen LogP contribution in [0.15, 0.2) is 12.4 Å². The fraction of sp³-hybridized carbons (Fsp3) is 0.733. The van der Waals surface area contributed by atoms with Gasteiger partial charge in [-0.1, -0.05) is 0 Å². The molecule has 1 saturated heterocycles. The normalized spacial score (nSPS) is 19.1. The minimum Gasteiger partial charge on any atom is -0.377 e. The van der Waals surface area contributed by atoms with E-state index in [2.05, 4.69) is 54.8 Å². The number of aromatic nitrogens is 2. The lowest BCUT2D eigenvalue weighted by atomic mass is 10.0. The maximum absolute atomic E-state index is 5.53. The number of hydrogen-bond donors (Lipinski definition) is 1. The standard InChI is InChI=1S/C15H26N4O/c1-14(2,3)18-10-12-8-16-13(17-9-12)19-6-7-20-11-15(19,4)5/h8-9,18H,6-7,10-11H2,1-5H3. The van der Waals surface area contributed by atoms with Gasteiger partial charge in [0.25, 0.3) is 0 Å². The zero-order valence-electron chi connectivity index (χ0n) is 13.2. The van der Waals surface area contributed by atoms with Crippen LogP contribution in [0.5, 0.6) is 0 Å². The first-order valence-corrected chi connectivity index (χ1v) is 7.19. The van der Waals surface area contributed by atoms with Gasteiger partial charge in [0.05, 0.1) is 18.8 Å². The van der Waals surface area contributed by atoms with Crippen molar-refractivity contribution < 1.29 is 4.74 Å². The summed E-state index contributed by atoms with van der Waals surface area (Å²) in [5, 5.41) is 3.44. The third-order valence-electron chi connectivity index (χ3n) is 3.40. The number of rotatable bonds is 3. The maximum Gasteiger partial charge on any atom is 0.225 e. The zero-order valence-corrected chi connectivity index (χ0v) is 13.2. The van der Waals surface area contributed by atoms with E-state index >= 15 is 0 Å². The Bertz CT molecular complexity index is 436. The highest BCUT2D eigenvalue weighted by Gasteiger charge is 2.32. The average Bonchev–Trinajstić information content (AvgIpc) is 2.36. The molecule has 0 atom stereocenters. The van der Waals surface area contributed by atoms with Gasteiger partial charge in [0, 0.05) is 36.6 Å². The number of hydrogen-bond acceptors (Lipinski definition) is 5. The van der Waals surface area contributed by atoms with Crippen LogP contribution in [0.1, 0.15) is 40.2 Å². The fourth-order valence-electron chi connectivity index (χ4n) is 2.17. The minimum absolute atomic E-state index is 0.0522. The Morgan fingerprint density at radius 1 is 1.30 bits per heavy atom. The Labute approximate surface area is 121 Å². The van der Waals surface area contributed by atoms with E-state index in [4.69, 9.17) is 4.74 Å². The van der Waals surface area contributed by atoms with Crippen molar-refractivity contribution in [2.45, 2.75) is 52.2 Å². The van der Waals surface area contributed by atoms with E-state index in [-0.39, 0.29) is 11.1 Å². The number of nitrogens with zero attached hydrogens (tertiary/aromatic N) is 3. The second-order valence-corrected chi connectivity index (χ2v) is 7.01. The van der Waals surface area contributed by atoms with Crippen molar-refractivity contribution in [2.75, 3.05) is 24.7 Å². The second-order valence-electron chi connectivity index (χ2n) is 7.01. The molecule has 1 aromatic rings. The summed E-state index contributed by atoms with van der Waals surface area (Å²) < 4.78 is 5.53. The molecular weight excluding hydrogens is 252 g/mol. The summed E-state index contributed by atoms with van der Waals surface area (Å²) in [5.74, 6) is 0.790. The third kappa shape index (κ3) is 3.90. The summed E-state index contributed by atoms with van der Waals surface area (Å²) in [6, 6.07) is 0. The van der Waals surface area contributed by atoms with E-state index in [1.807, 2.05) is 12.4 Å². The van der Waals surface area contributed by atoms with Gasteiger partial charge in [-0.05, 0) is 34.6 Å². The monoisotopic (exact) mass is 278 g/mol. The smallest absolute Gasteiger partial charge is 0.225 e. The summed E-state index contributed by atoms with van der Waals surface area (Å²) >= 11 is 0. The third-order valence-corrected chi connectivity index (χ3v) is 3.40. The Hall–Kier alpha value is -1.20. The van der Waals surface area contributed by atoms with Gasteiger partial charge in [-0.3, -0.25) is 0 Å². The Balaban J connectivity index is 2.04. The highest BCUT2D eigenvalue weighted by Crippen LogP contribution is 2.23. The number of nitrogens with one attached hydrogen (secondary N) is 1. The fourth-order valence-corrected chi connectivity index (χ4v) is 2.17. The van der Waals surface area contributed by atoms with Crippen molar-refractivity contribution in [1.29, 1.82) is 0 Å². The van der Waals surface area contributed by atoms with E-state index in [1.165, 1.54) is 0 Å². The van der Waals surface area contributed by atoms with Gasteiger partial charge in [-0.25, -0.2) is 9.97 Å². The van der Waals surface area contributed by atoms with Gasteiger partial charge in [0.15, 0.2) is 0 Å². The molecule has 0 unspecified atom stereocenters. The number of ether oxygens (including phenoxy) is 1. The Kier molecular flexibility index (Phi) is 4.30. The van der Waals surface area contributed by atoms with E-state index in [1.54, 1.807) is 0 Å². The average molecular weight is 278 g/mol. The van der Waals surface area contributed by atoms with Gasteiger partial charge in [-0.15, -0.1) is 0 Å². The molecule has 0 saturated carbocycles. The summed E-state index contributed by atoms with van der Waals surface area (Å²) in [5.41, 5.74) is 1.16. The molecule has 0 aliphatic carbocycles. The highest BCUT2D eigenvalue weighted by molar-refractivity contribution is 5.35. The topological polar surface area (TPSA) is 50.3 Å². The molecule has 112 valence electrons. The quantitative estimate of drug-likeness (QED) is 0.916. The van der Waals surface area contributed by atoms with Crippen LogP contribution in [0.3, 0.4) is 0 Å². The molecule has 0 spiro atoms. The molecule has 0 amide bonds. The van der Waals surface area contributed by atoms with Gasteiger partial charge in [0.2, 0.25) is 5.95 Å². The van der Waals surface area contributed by atoms with Gasteiger partial charge >= 0.3 is 0 Å². The largest absolute Gasteiger partial charge is 0.377 e. The molecule has 0 aromatic carbocycles. The molecular formula is C15H26N4O. The molecule has 5 heteroatoms. The van der Waals surface area contributed by atoms with Crippen LogP contribution in [0, 0.1) is 0 Å². The molecule has 1 N–H and O–H groups in total. The van der Waals surface area contributed by atoms with Crippen molar-refractivity contribution in [2.24, 2.45) is 0 Å². The molecule has 5 nitrogen and oxygen atoms in total. The van der Waals surface area contributed by atoms with Gasteiger partial charge in [0.1, 0.15) is 0 Å². The molecule has 1 aliphatic heterocycles. The minimum atomic E-state index is -0.0522. The van der Waals surface area contributed by atoms with Crippen LogP contribution in [-0.2, 0) is 11.3 Å². The van der Waals surface area contributed by atoms with Crippen molar-refractivity contribution in [3.63, 3.8) is 0 Å². The van der Waals surface area contributed by atoms with Crippen molar-refractivity contribution in [3.05, 3.63) is 18.0 Å². The van der Waals surface area contributed by atoms with Crippen LogP contribution in [-0.4, -0.2) is 40.8 Å².